The molecule has 3 nitrogen and oxygen atoms in total. The van der Waals surface area contributed by atoms with Crippen LogP contribution in [0.1, 0.15) is 50.9 Å². The summed E-state index contributed by atoms with van der Waals surface area (Å²) in [5.41, 5.74) is 2.22. The summed E-state index contributed by atoms with van der Waals surface area (Å²) in [5, 5.41) is 4.50. The Morgan fingerprint density at radius 3 is 2.78 bits per heavy atom. The highest BCUT2D eigenvalue weighted by Gasteiger charge is 2.23. The maximum atomic E-state index is 6.13. The fourth-order valence-electron chi connectivity index (χ4n) is 2.72. The van der Waals surface area contributed by atoms with Crippen LogP contribution in [0.2, 0.25) is 0 Å². The lowest BCUT2D eigenvalue weighted by molar-refractivity contribution is -0.0183. The molecule has 1 heterocycles. The van der Waals surface area contributed by atoms with Gasteiger partial charge < -0.3 is 4.74 Å². The predicted octanol–water partition coefficient (Wildman–Crippen LogP) is 4.07. The molecule has 0 aliphatic heterocycles. The SMILES string of the molecule is CCn1nc(C)c(Br)c1COC1CCCCC1C. The van der Waals surface area contributed by atoms with Crippen molar-refractivity contribution in [3.8, 4) is 0 Å². The zero-order chi connectivity index (χ0) is 13.1. The van der Waals surface area contributed by atoms with Crippen molar-refractivity contribution in [3.05, 3.63) is 15.9 Å². The Bertz CT molecular complexity index is 403. The van der Waals surface area contributed by atoms with E-state index in [-0.39, 0.29) is 0 Å². The van der Waals surface area contributed by atoms with Crippen molar-refractivity contribution in [2.24, 2.45) is 5.92 Å². The molecule has 0 saturated heterocycles. The Labute approximate surface area is 118 Å². The molecule has 1 aliphatic carbocycles. The van der Waals surface area contributed by atoms with Crippen LogP contribution < -0.4 is 0 Å². The van der Waals surface area contributed by atoms with Gasteiger partial charge in [-0.1, -0.05) is 19.8 Å². The van der Waals surface area contributed by atoms with Crippen LogP contribution >= 0.6 is 15.9 Å². The van der Waals surface area contributed by atoms with Gasteiger partial charge in [-0.2, -0.15) is 5.10 Å². The number of hydrogen-bond donors (Lipinski definition) is 0. The van der Waals surface area contributed by atoms with E-state index in [1.165, 1.54) is 31.4 Å². The minimum absolute atomic E-state index is 0.422. The van der Waals surface area contributed by atoms with E-state index in [4.69, 9.17) is 4.74 Å². The molecule has 2 atom stereocenters. The largest absolute Gasteiger partial charge is 0.372 e. The van der Waals surface area contributed by atoms with Gasteiger partial charge in [-0.25, -0.2) is 0 Å². The van der Waals surface area contributed by atoms with Crippen molar-refractivity contribution in [3.63, 3.8) is 0 Å². The first-order valence-electron chi connectivity index (χ1n) is 6.96. The lowest BCUT2D eigenvalue weighted by atomic mass is 9.88. The molecule has 2 unspecified atom stereocenters. The van der Waals surface area contributed by atoms with E-state index in [1.54, 1.807) is 0 Å². The molecule has 102 valence electrons. The maximum Gasteiger partial charge on any atom is 0.0900 e. The van der Waals surface area contributed by atoms with Gasteiger partial charge in [-0.05, 0) is 48.5 Å². The number of nitrogens with zero attached hydrogens (tertiary/aromatic N) is 2. The molecule has 4 heteroatoms. The summed E-state index contributed by atoms with van der Waals surface area (Å²) >= 11 is 3.62. The second kappa shape index (κ2) is 6.20. The molecule has 1 aromatic rings. The summed E-state index contributed by atoms with van der Waals surface area (Å²) in [4.78, 5) is 0. The van der Waals surface area contributed by atoms with Crippen molar-refractivity contribution in [2.75, 3.05) is 0 Å². The van der Waals surface area contributed by atoms with Crippen LogP contribution in [0.3, 0.4) is 0 Å². The first-order chi connectivity index (χ1) is 8.63. The Hall–Kier alpha value is -0.350. The highest BCUT2D eigenvalue weighted by Crippen LogP contribution is 2.28. The fourth-order valence-corrected chi connectivity index (χ4v) is 3.12. The van der Waals surface area contributed by atoms with Gasteiger partial charge in [0.25, 0.3) is 0 Å². The Balaban J connectivity index is 2.01. The molecule has 0 radical (unpaired) electrons. The molecule has 0 bridgehead atoms. The average molecular weight is 315 g/mol. The van der Waals surface area contributed by atoms with E-state index < -0.39 is 0 Å². The molecule has 1 aliphatic rings. The van der Waals surface area contributed by atoms with Crippen LogP contribution in [0.5, 0.6) is 0 Å². The van der Waals surface area contributed by atoms with Crippen molar-refractivity contribution in [1.29, 1.82) is 0 Å². The van der Waals surface area contributed by atoms with Gasteiger partial charge in [-0.15, -0.1) is 0 Å². The molecule has 1 saturated carbocycles. The van der Waals surface area contributed by atoms with Crippen LogP contribution in [0.25, 0.3) is 0 Å². The highest BCUT2D eigenvalue weighted by molar-refractivity contribution is 9.10. The lowest BCUT2D eigenvalue weighted by Crippen LogP contribution is -2.25. The topological polar surface area (TPSA) is 27.1 Å². The smallest absolute Gasteiger partial charge is 0.0900 e. The average Bonchev–Trinajstić information content (AvgIpc) is 2.65. The zero-order valence-electron chi connectivity index (χ0n) is 11.6. The molecular weight excluding hydrogens is 292 g/mol. The van der Waals surface area contributed by atoms with E-state index >= 15 is 0 Å². The monoisotopic (exact) mass is 314 g/mol. The van der Waals surface area contributed by atoms with E-state index in [9.17, 15) is 0 Å². The van der Waals surface area contributed by atoms with Crippen molar-refractivity contribution < 1.29 is 4.74 Å². The number of ether oxygens (including phenoxy) is 1. The second-order valence-corrected chi connectivity index (χ2v) is 6.07. The van der Waals surface area contributed by atoms with Crippen LogP contribution in [0.4, 0.5) is 0 Å². The summed E-state index contributed by atoms with van der Waals surface area (Å²) in [6, 6.07) is 0. The van der Waals surface area contributed by atoms with Gasteiger partial charge in [0, 0.05) is 6.54 Å². The molecule has 1 aromatic heterocycles. The van der Waals surface area contributed by atoms with Crippen LogP contribution in [0.15, 0.2) is 4.47 Å². The lowest BCUT2D eigenvalue weighted by Gasteiger charge is -2.28. The van der Waals surface area contributed by atoms with Crippen molar-refractivity contribution in [2.45, 2.75) is 65.7 Å². The Kier molecular flexibility index (Phi) is 4.84. The summed E-state index contributed by atoms with van der Waals surface area (Å²) in [7, 11) is 0. The molecule has 0 aromatic carbocycles. The number of aromatic nitrogens is 2. The predicted molar refractivity (Wildman–Crippen MR) is 76.5 cm³/mol. The number of aryl methyl sites for hydroxylation is 2. The second-order valence-electron chi connectivity index (χ2n) is 5.27. The minimum Gasteiger partial charge on any atom is -0.372 e. The first kappa shape index (κ1) is 14.1. The van der Waals surface area contributed by atoms with Gasteiger partial charge in [0.1, 0.15) is 0 Å². The van der Waals surface area contributed by atoms with Crippen molar-refractivity contribution >= 4 is 15.9 Å². The van der Waals surface area contributed by atoms with E-state index in [0.717, 1.165) is 16.7 Å². The zero-order valence-corrected chi connectivity index (χ0v) is 13.2. The van der Waals surface area contributed by atoms with Gasteiger partial charge in [-0.3, -0.25) is 4.68 Å². The van der Waals surface area contributed by atoms with Gasteiger partial charge >= 0.3 is 0 Å². The van der Waals surface area contributed by atoms with E-state index in [2.05, 4.69) is 34.9 Å². The van der Waals surface area contributed by atoms with Crippen LogP contribution in [-0.4, -0.2) is 15.9 Å². The van der Waals surface area contributed by atoms with Crippen LogP contribution in [0, 0.1) is 12.8 Å². The molecule has 1 fully saturated rings. The summed E-state index contributed by atoms with van der Waals surface area (Å²) in [5.74, 6) is 0.691. The maximum absolute atomic E-state index is 6.13. The molecule has 2 rings (SSSR count). The summed E-state index contributed by atoms with van der Waals surface area (Å²) < 4.78 is 9.27. The minimum atomic E-state index is 0.422. The molecule has 0 spiro atoms. The third-order valence-corrected chi connectivity index (χ3v) is 4.95. The Morgan fingerprint density at radius 2 is 2.11 bits per heavy atom. The third-order valence-electron chi connectivity index (χ3n) is 3.92. The summed E-state index contributed by atoms with van der Waals surface area (Å²) in [6.45, 7) is 8.02. The highest BCUT2D eigenvalue weighted by atomic mass is 79.9. The van der Waals surface area contributed by atoms with Crippen molar-refractivity contribution in [1.82, 2.24) is 9.78 Å². The number of halogens is 1. The van der Waals surface area contributed by atoms with Gasteiger partial charge in [0.15, 0.2) is 0 Å². The summed E-state index contributed by atoms with van der Waals surface area (Å²) in [6.07, 6.45) is 5.60. The van der Waals surface area contributed by atoms with E-state index in [0.29, 0.717) is 18.6 Å². The standard InChI is InChI=1S/C14H23BrN2O/c1-4-17-12(14(15)11(3)16-17)9-18-13-8-6-5-7-10(13)2/h10,13H,4-9H2,1-3H3. The quantitative estimate of drug-likeness (QED) is 0.837. The third kappa shape index (κ3) is 2.97. The number of hydrogen-bond acceptors (Lipinski definition) is 2. The molecule has 18 heavy (non-hydrogen) atoms. The molecule has 0 N–H and O–H groups in total. The number of rotatable bonds is 4. The Morgan fingerprint density at radius 1 is 1.39 bits per heavy atom. The van der Waals surface area contributed by atoms with Gasteiger partial charge in [0.05, 0.1) is 28.6 Å². The normalized spacial score (nSPS) is 24.4. The van der Waals surface area contributed by atoms with E-state index in [1.807, 2.05) is 11.6 Å². The fraction of sp³-hybridized carbons (Fsp3) is 0.786. The molecule has 0 amide bonds. The first-order valence-corrected chi connectivity index (χ1v) is 7.76. The van der Waals surface area contributed by atoms with Gasteiger partial charge in [0.2, 0.25) is 0 Å². The van der Waals surface area contributed by atoms with Crippen LogP contribution in [-0.2, 0) is 17.9 Å². The molecular formula is C14H23BrN2O.